The summed E-state index contributed by atoms with van der Waals surface area (Å²) in [6, 6.07) is 13.9. The van der Waals surface area contributed by atoms with Crippen LogP contribution in [-0.2, 0) is 6.54 Å². The molecule has 0 atom stereocenters. The van der Waals surface area contributed by atoms with Gasteiger partial charge in [0.15, 0.2) is 0 Å². The highest BCUT2D eigenvalue weighted by atomic mass is 35.5. The van der Waals surface area contributed by atoms with E-state index in [1.54, 1.807) is 6.07 Å². The van der Waals surface area contributed by atoms with Crippen LogP contribution in [0.5, 0.6) is 0 Å². The van der Waals surface area contributed by atoms with E-state index in [0.717, 1.165) is 11.3 Å². The minimum absolute atomic E-state index is 0. The van der Waals surface area contributed by atoms with E-state index < -0.39 is 0 Å². The van der Waals surface area contributed by atoms with Crippen molar-refractivity contribution in [3.63, 3.8) is 0 Å². The van der Waals surface area contributed by atoms with Crippen molar-refractivity contribution < 1.29 is 0 Å². The zero-order valence-electron chi connectivity index (χ0n) is 9.91. The SMILES string of the molecule is Cc1ccc(NCc2cccc(Cl)c2Cl)cc1.Cl. The van der Waals surface area contributed by atoms with E-state index in [1.165, 1.54) is 5.56 Å². The number of halogens is 3. The van der Waals surface area contributed by atoms with Crippen molar-refractivity contribution in [1.82, 2.24) is 0 Å². The molecule has 0 aliphatic rings. The molecule has 0 heterocycles. The van der Waals surface area contributed by atoms with Crippen LogP contribution in [-0.4, -0.2) is 0 Å². The Balaban J connectivity index is 0.00000162. The van der Waals surface area contributed by atoms with Crippen LogP contribution in [0.2, 0.25) is 10.0 Å². The van der Waals surface area contributed by atoms with Gasteiger partial charge in [-0.25, -0.2) is 0 Å². The van der Waals surface area contributed by atoms with E-state index in [2.05, 4.69) is 24.4 Å². The molecule has 0 bridgehead atoms. The van der Waals surface area contributed by atoms with Gasteiger partial charge in [-0.1, -0.05) is 53.0 Å². The minimum Gasteiger partial charge on any atom is -0.381 e. The second-order valence-corrected chi connectivity index (χ2v) is 4.72. The van der Waals surface area contributed by atoms with Crippen molar-refractivity contribution in [2.75, 3.05) is 5.32 Å². The van der Waals surface area contributed by atoms with E-state index in [9.17, 15) is 0 Å². The van der Waals surface area contributed by atoms with Crippen LogP contribution in [0.1, 0.15) is 11.1 Å². The van der Waals surface area contributed by atoms with Crippen molar-refractivity contribution in [1.29, 1.82) is 0 Å². The normalized spacial score (nSPS) is 9.72. The first-order chi connectivity index (χ1) is 8.16. The second kappa shape index (κ2) is 6.89. The van der Waals surface area contributed by atoms with Gasteiger partial charge < -0.3 is 5.32 Å². The molecule has 2 rings (SSSR count). The fourth-order valence-corrected chi connectivity index (χ4v) is 1.94. The third-order valence-corrected chi connectivity index (χ3v) is 3.42. The van der Waals surface area contributed by atoms with Crippen LogP contribution in [0, 0.1) is 6.92 Å². The Morgan fingerprint density at radius 2 is 1.67 bits per heavy atom. The summed E-state index contributed by atoms with van der Waals surface area (Å²) in [6.07, 6.45) is 0. The summed E-state index contributed by atoms with van der Waals surface area (Å²) in [4.78, 5) is 0. The second-order valence-electron chi connectivity index (χ2n) is 3.93. The molecule has 0 saturated carbocycles. The molecule has 0 fully saturated rings. The monoisotopic (exact) mass is 301 g/mol. The van der Waals surface area contributed by atoms with Gasteiger partial charge in [0.25, 0.3) is 0 Å². The highest BCUT2D eigenvalue weighted by molar-refractivity contribution is 6.42. The molecule has 0 amide bonds. The lowest BCUT2D eigenvalue weighted by Gasteiger charge is -2.09. The van der Waals surface area contributed by atoms with E-state index in [1.807, 2.05) is 24.3 Å². The molecule has 2 aromatic carbocycles. The third kappa shape index (κ3) is 3.81. The first-order valence-corrected chi connectivity index (χ1v) is 6.16. The number of benzene rings is 2. The summed E-state index contributed by atoms with van der Waals surface area (Å²) in [7, 11) is 0. The summed E-state index contributed by atoms with van der Waals surface area (Å²) in [5.41, 5.74) is 3.32. The predicted octanol–water partition coefficient (Wildman–Crippen LogP) is 5.34. The van der Waals surface area contributed by atoms with Gasteiger partial charge in [0, 0.05) is 12.2 Å². The standard InChI is InChI=1S/C14H13Cl2N.ClH/c1-10-5-7-12(8-6-10)17-9-11-3-2-4-13(15)14(11)16;/h2-8,17H,9H2,1H3;1H. The van der Waals surface area contributed by atoms with Gasteiger partial charge in [-0.15, -0.1) is 12.4 Å². The lowest BCUT2D eigenvalue weighted by molar-refractivity contribution is 1.15. The number of nitrogens with one attached hydrogen (secondary N) is 1. The van der Waals surface area contributed by atoms with Crippen LogP contribution in [0.25, 0.3) is 0 Å². The number of hydrogen-bond acceptors (Lipinski definition) is 1. The van der Waals surface area contributed by atoms with Crippen molar-refractivity contribution in [3.8, 4) is 0 Å². The van der Waals surface area contributed by atoms with Crippen LogP contribution in [0.3, 0.4) is 0 Å². The van der Waals surface area contributed by atoms with Gasteiger partial charge in [-0.3, -0.25) is 0 Å². The number of aryl methyl sites for hydroxylation is 1. The van der Waals surface area contributed by atoms with Crippen molar-refractivity contribution >= 4 is 41.3 Å². The molecule has 4 heteroatoms. The number of hydrogen-bond donors (Lipinski definition) is 1. The molecule has 0 spiro atoms. The fraction of sp³-hybridized carbons (Fsp3) is 0.143. The molecule has 96 valence electrons. The first kappa shape index (κ1) is 15.2. The average molecular weight is 303 g/mol. The average Bonchev–Trinajstić information content (AvgIpc) is 2.33. The Morgan fingerprint density at radius 1 is 1.00 bits per heavy atom. The lowest BCUT2D eigenvalue weighted by atomic mass is 10.2. The van der Waals surface area contributed by atoms with Crippen molar-refractivity contribution in [2.24, 2.45) is 0 Å². The van der Waals surface area contributed by atoms with Crippen molar-refractivity contribution in [2.45, 2.75) is 13.5 Å². The smallest absolute Gasteiger partial charge is 0.0642 e. The molecule has 0 saturated heterocycles. The summed E-state index contributed by atoms with van der Waals surface area (Å²) in [5.74, 6) is 0. The maximum Gasteiger partial charge on any atom is 0.0642 e. The Kier molecular flexibility index (Phi) is 5.80. The van der Waals surface area contributed by atoms with Crippen LogP contribution < -0.4 is 5.32 Å². The molecule has 0 unspecified atom stereocenters. The summed E-state index contributed by atoms with van der Waals surface area (Å²) < 4.78 is 0. The highest BCUT2D eigenvalue weighted by Crippen LogP contribution is 2.26. The molecule has 0 aliphatic heterocycles. The minimum atomic E-state index is 0. The van der Waals surface area contributed by atoms with Gasteiger partial charge in [-0.05, 0) is 30.7 Å². The molecule has 0 aliphatic carbocycles. The predicted molar refractivity (Wildman–Crippen MR) is 82.2 cm³/mol. The van der Waals surface area contributed by atoms with E-state index in [0.29, 0.717) is 16.6 Å². The highest BCUT2D eigenvalue weighted by Gasteiger charge is 2.03. The van der Waals surface area contributed by atoms with Crippen LogP contribution in [0.4, 0.5) is 5.69 Å². The molecule has 2 aromatic rings. The Hall–Kier alpha value is -0.890. The van der Waals surface area contributed by atoms with Gasteiger partial charge in [0.2, 0.25) is 0 Å². The maximum absolute atomic E-state index is 6.11. The summed E-state index contributed by atoms with van der Waals surface area (Å²) in [6.45, 7) is 2.74. The molecule has 18 heavy (non-hydrogen) atoms. The topological polar surface area (TPSA) is 12.0 Å². The molecule has 1 nitrogen and oxygen atoms in total. The lowest BCUT2D eigenvalue weighted by Crippen LogP contribution is -2.00. The van der Waals surface area contributed by atoms with Crippen molar-refractivity contribution in [3.05, 3.63) is 63.6 Å². The van der Waals surface area contributed by atoms with Gasteiger partial charge in [0.05, 0.1) is 10.0 Å². The molecule has 0 aromatic heterocycles. The summed E-state index contributed by atoms with van der Waals surface area (Å²) in [5, 5.41) is 4.52. The summed E-state index contributed by atoms with van der Waals surface area (Å²) >= 11 is 12.1. The third-order valence-electron chi connectivity index (χ3n) is 2.57. The van der Waals surface area contributed by atoms with Crippen LogP contribution >= 0.6 is 35.6 Å². The van der Waals surface area contributed by atoms with E-state index >= 15 is 0 Å². The molecule has 0 radical (unpaired) electrons. The Morgan fingerprint density at radius 3 is 2.33 bits per heavy atom. The first-order valence-electron chi connectivity index (χ1n) is 5.40. The molecular formula is C14H14Cl3N. The fourth-order valence-electron chi connectivity index (χ4n) is 1.55. The Bertz CT molecular complexity index is 509. The maximum atomic E-state index is 6.11. The van der Waals surface area contributed by atoms with E-state index in [-0.39, 0.29) is 12.4 Å². The van der Waals surface area contributed by atoms with Gasteiger partial charge in [0.1, 0.15) is 0 Å². The van der Waals surface area contributed by atoms with Gasteiger partial charge in [-0.2, -0.15) is 0 Å². The van der Waals surface area contributed by atoms with E-state index in [4.69, 9.17) is 23.2 Å². The largest absolute Gasteiger partial charge is 0.381 e. The molecular weight excluding hydrogens is 289 g/mol. The zero-order chi connectivity index (χ0) is 12.3. The zero-order valence-corrected chi connectivity index (χ0v) is 12.2. The number of rotatable bonds is 3. The van der Waals surface area contributed by atoms with Crippen LogP contribution in [0.15, 0.2) is 42.5 Å². The number of anilines is 1. The Labute approximate surface area is 124 Å². The van der Waals surface area contributed by atoms with Gasteiger partial charge >= 0.3 is 0 Å². The quantitative estimate of drug-likeness (QED) is 0.807. The molecule has 1 N–H and O–H groups in total.